The highest BCUT2D eigenvalue weighted by molar-refractivity contribution is 5.86. The van der Waals surface area contributed by atoms with E-state index in [2.05, 4.69) is 30.0 Å². The van der Waals surface area contributed by atoms with Gasteiger partial charge in [-0.3, -0.25) is 9.69 Å². The van der Waals surface area contributed by atoms with Crippen LogP contribution in [-0.4, -0.2) is 45.5 Å². The van der Waals surface area contributed by atoms with Crippen LogP contribution >= 0.6 is 0 Å². The van der Waals surface area contributed by atoms with Gasteiger partial charge < -0.3 is 14.8 Å². The molecule has 0 aliphatic carbocycles. The van der Waals surface area contributed by atoms with Crippen molar-refractivity contribution < 1.29 is 10.2 Å². The van der Waals surface area contributed by atoms with Crippen LogP contribution in [0.25, 0.3) is 10.9 Å². The molecule has 5 heteroatoms. The molecule has 3 heterocycles. The van der Waals surface area contributed by atoms with Crippen molar-refractivity contribution in [3.63, 3.8) is 0 Å². The molecule has 2 aromatic rings. The Balaban J connectivity index is 1.69. The lowest BCUT2D eigenvalue weighted by atomic mass is 9.74. The average molecular weight is 370 g/mol. The summed E-state index contributed by atoms with van der Waals surface area (Å²) in [5.41, 5.74) is 3.07. The van der Waals surface area contributed by atoms with Crippen molar-refractivity contribution in [1.82, 2.24) is 9.47 Å². The number of rotatable bonds is 5. The zero-order chi connectivity index (χ0) is 19.0. The predicted molar refractivity (Wildman–Crippen MR) is 107 cm³/mol. The second kappa shape index (κ2) is 7.38. The summed E-state index contributed by atoms with van der Waals surface area (Å²) in [4.78, 5) is 15.0. The zero-order valence-corrected chi connectivity index (χ0v) is 16.2. The molecule has 0 spiro atoms. The van der Waals surface area contributed by atoms with E-state index in [4.69, 9.17) is 0 Å². The molecule has 2 aliphatic heterocycles. The highest BCUT2D eigenvalue weighted by atomic mass is 16.3. The Bertz CT molecular complexity index is 891. The van der Waals surface area contributed by atoms with Gasteiger partial charge in [0.2, 0.25) is 0 Å². The topological polar surface area (TPSA) is 65.7 Å². The van der Waals surface area contributed by atoms with E-state index < -0.39 is 11.5 Å². The van der Waals surface area contributed by atoms with Crippen LogP contribution in [0.15, 0.2) is 29.1 Å². The van der Waals surface area contributed by atoms with Crippen LogP contribution < -0.4 is 5.56 Å². The maximum absolute atomic E-state index is 12.7. The number of para-hydroxylation sites is 1. The molecule has 146 valence electrons. The molecule has 4 rings (SSSR count). The quantitative estimate of drug-likeness (QED) is 0.848. The van der Waals surface area contributed by atoms with E-state index in [1.54, 1.807) is 6.07 Å². The second-order valence-corrected chi connectivity index (χ2v) is 8.36. The molecule has 2 atom stereocenters. The van der Waals surface area contributed by atoms with E-state index in [-0.39, 0.29) is 12.2 Å². The Kier molecular flexibility index (Phi) is 5.10. The first kappa shape index (κ1) is 18.7. The van der Waals surface area contributed by atoms with E-state index in [0.717, 1.165) is 49.9 Å². The Morgan fingerprint density at radius 3 is 2.93 bits per heavy atom. The van der Waals surface area contributed by atoms with Crippen LogP contribution in [-0.2, 0) is 19.5 Å². The number of benzene rings is 1. The van der Waals surface area contributed by atoms with Gasteiger partial charge in [0.05, 0.1) is 18.2 Å². The van der Waals surface area contributed by atoms with Gasteiger partial charge in [0.25, 0.3) is 5.56 Å². The lowest BCUT2D eigenvalue weighted by Crippen LogP contribution is -2.53. The third kappa shape index (κ3) is 3.22. The molecule has 2 aliphatic rings. The summed E-state index contributed by atoms with van der Waals surface area (Å²) >= 11 is 0. The minimum Gasteiger partial charge on any atom is -0.396 e. The fourth-order valence-electron chi connectivity index (χ4n) is 5.16. The lowest BCUT2D eigenvalue weighted by molar-refractivity contribution is -0.0819. The van der Waals surface area contributed by atoms with Crippen molar-refractivity contribution in [3.8, 4) is 0 Å². The number of nitrogens with zero attached hydrogens (tertiary/aromatic N) is 2. The van der Waals surface area contributed by atoms with E-state index in [9.17, 15) is 15.0 Å². The molecule has 1 aromatic heterocycles. The molecule has 0 unspecified atom stereocenters. The van der Waals surface area contributed by atoms with E-state index in [1.165, 1.54) is 10.9 Å². The molecule has 5 nitrogen and oxygen atoms in total. The first-order valence-electron chi connectivity index (χ1n) is 10.2. The van der Waals surface area contributed by atoms with Gasteiger partial charge >= 0.3 is 0 Å². The van der Waals surface area contributed by atoms with Gasteiger partial charge in [-0.2, -0.15) is 0 Å². The Morgan fingerprint density at radius 2 is 2.15 bits per heavy atom. The number of pyridine rings is 1. The summed E-state index contributed by atoms with van der Waals surface area (Å²) in [6.45, 7) is 5.04. The van der Waals surface area contributed by atoms with Crippen LogP contribution in [0, 0.1) is 5.41 Å². The summed E-state index contributed by atoms with van der Waals surface area (Å²) in [7, 11) is 0. The van der Waals surface area contributed by atoms with Crippen LogP contribution in [0.4, 0.5) is 0 Å². The van der Waals surface area contributed by atoms with Crippen molar-refractivity contribution in [2.24, 2.45) is 5.41 Å². The molecule has 0 radical (unpaired) electrons. The van der Waals surface area contributed by atoms with Gasteiger partial charge in [-0.05, 0) is 36.8 Å². The molecular weight excluding hydrogens is 340 g/mol. The van der Waals surface area contributed by atoms with Crippen molar-refractivity contribution in [2.75, 3.05) is 19.7 Å². The number of piperidine rings is 1. The predicted octanol–water partition coefficient (Wildman–Crippen LogP) is 2.29. The van der Waals surface area contributed by atoms with Crippen molar-refractivity contribution in [3.05, 3.63) is 45.7 Å². The van der Waals surface area contributed by atoms with E-state index in [1.807, 2.05) is 4.57 Å². The first-order chi connectivity index (χ1) is 13.1. The third-order valence-corrected chi connectivity index (χ3v) is 6.55. The van der Waals surface area contributed by atoms with E-state index >= 15 is 0 Å². The number of hydrogen-bond acceptors (Lipinski definition) is 4. The highest BCUT2D eigenvalue weighted by Gasteiger charge is 2.41. The van der Waals surface area contributed by atoms with Crippen molar-refractivity contribution in [2.45, 2.75) is 58.2 Å². The fraction of sp³-hybridized carbons (Fsp3) is 0.591. The van der Waals surface area contributed by atoms with E-state index in [0.29, 0.717) is 19.5 Å². The monoisotopic (exact) mass is 370 g/mol. The molecule has 0 amide bonds. The second-order valence-electron chi connectivity index (χ2n) is 8.36. The molecule has 1 fully saturated rings. The summed E-state index contributed by atoms with van der Waals surface area (Å²) in [6.07, 6.45) is 4.01. The lowest BCUT2D eigenvalue weighted by Gasteiger charge is -2.45. The summed E-state index contributed by atoms with van der Waals surface area (Å²) in [6, 6.07) is 8.15. The molecule has 27 heavy (non-hydrogen) atoms. The Morgan fingerprint density at radius 1 is 1.30 bits per heavy atom. The molecule has 2 N–H and O–H groups in total. The molecule has 0 bridgehead atoms. The average Bonchev–Trinajstić information content (AvgIpc) is 2.68. The maximum Gasteiger partial charge on any atom is 0.251 e. The summed E-state index contributed by atoms with van der Waals surface area (Å²) < 4.78 is 1.92. The highest BCUT2D eigenvalue weighted by Crippen LogP contribution is 2.36. The molecule has 1 aromatic carbocycles. The Labute approximate surface area is 160 Å². The van der Waals surface area contributed by atoms with Crippen molar-refractivity contribution >= 4 is 10.9 Å². The van der Waals surface area contributed by atoms with Gasteiger partial charge in [0, 0.05) is 43.0 Å². The summed E-state index contributed by atoms with van der Waals surface area (Å²) in [5, 5.41) is 21.7. The normalized spacial score (nSPS) is 25.8. The third-order valence-electron chi connectivity index (χ3n) is 6.55. The first-order valence-corrected chi connectivity index (χ1v) is 10.2. The smallest absolute Gasteiger partial charge is 0.251 e. The maximum atomic E-state index is 12.7. The van der Waals surface area contributed by atoms with Crippen molar-refractivity contribution in [1.29, 1.82) is 0 Å². The molecule has 0 saturated carbocycles. The van der Waals surface area contributed by atoms with Gasteiger partial charge in [0.15, 0.2) is 0 Å². The summed E-state index contributed by atoms with van der Waals surface area (Å²) in [5.74, 6) is 0. The largest absolute Gasteiger partial charge is 0.396 e. The van der Waals surface area contributed by atoms with Crippen LogP contribution in [0.3, 0.4) is 0 Å². The molecule has 1 saturated heterocycles. The van der Waals surface area contributed by atoms with Gasteiger partial charge in [-0.15, -0.1) is 0 Å². The number of likely N-dealkylation sites (tertiary alicyclic amines) is 1. The number of aryl methyl sites for hydroxylation is 2. The van der Waals surface area contributed by atoms with Gasteiger partial charge in [-0.1, -0.05) is 31.5 Å². The molecular formula is C22H30N2O3. The minimum absolute atomic E-state index is 0.00496. The zero-order valence-electron chi connectivity index (χ0n) is 16.2. The number of aliphatic hydroxyl groups is 2. The van der Waals surface area contributed by atoms with Crippen LogP contribution in [0.2, 0.25) is 0 Å². The Hall–Kier alpha value is -1.69. The van der Waals surface area contributed by atoms with Crippen LogP contribution in [0.5, 0.6) is 0 Å². The minimum atomic E-state index is -0.458. The standard InChI is InChI=1S/C22H30N2O3/c1-2-9-22(15-25)14-23(11-8-19(22)26)13-17-12-20(27)24-10-4-6-16-5-3-7-18(17)21(16)24/h3,5,7,12,19,25-26H,2,4,6,8-11,13-15H2,1H3/t19-,22+/m1/s1. The fourth-order valence-corrected chi connectivity index (χ4v) is 5.16. The van der Waals surface area contributed by atoms with Gasteiger partial charge in [0.1, 0.15) is 0 Å². The number of hydrogen-bond donors (Lipinski definition) is 2. The van der Waals surface area contributed by atoms with Gasteiger partial charge in [-0.25, -0.2) is 0 Å². The number of aromatic nitrogens is 1. The number of aliphatic hydroxyl groups excluding tert-OH is 2. The SMILES string of the molecule is CCC[C@@]1(CO)CN(Cc2cc(=O)n3c4c(cccc24)CCC3)CC[C@H]1O. The van der Waals surface area contributed by atoms with Crippen LogP contribution in [0.1, 0.15) is 43.7 Å².